The molecule has 5 nitrogen and oxygen atoms in total. The van der Waals surface area contributed by atoms with Gasteiger partial charge in [0.2, 0.25) is 15.9 Å². The van der Waals surface area contributed by atoms with Crippen LogP contribution in [0.5, 0.6) is 0 Å². The Morgan fingerprint density at radius 2 is 1.96 bits per heavy atom. The van der Waals surface area contributed by atoms with Gasteiger partial charge in [-0.1, -0.05) is 30.3 Å². The van der Waals surface area contributed by atoms with E-state index in [1.807, 2.05) is 42.2 Å². The van der Waals surface area contributed by atoms with Crippen LogP contribution >= 0.6 is 0 Å². The van der Waals surface area contributed by atoms with Crippen molar-refractivity contribution in [1.82, 2.24) is 4.72 Å². The van der Waals surface area contributed by atoms with E-state index >= 15 is 0 Å². The predicted octanol–water partition coefficient (Wildman–Crippen LogP) is 2.60. The summed E-state index contributed by atoms with van der Waals surface area (Å²) >= 11 is 0. The summed E-state index contributed by atoms with van der Waals surface area (Å²) in [6.07, 6.45) is 2.32. The Bertz CT molecular complexity index is 955. The predicted molar refractivity (Wildman–Crippen MR) is 101 cm³/mol. The molecule has 1 N–H and O–H groups in total. The van der Waals surface area contributed by atoms with Crippen molar-refractivity contribution in [3.63, 3.8) is 0 Å². The normalized spacial score (nSPS) is 18.9. The SMILES string of the molecule is C[C@H]1C(=O)N2CCCc3cc(S(=O)(=O)NCCc4ccccc4)cc1c32. The molecule has 26 heavy (non-hydrogen) atoms. The van der Waals surface area contributed by atoms with Crippen molar-refractivity contribution >= 4 is 21.6 Å². The molecule has 2 aromatic rings. The molecule has 0 saturated carbocycles. The quantitative estimate of drug-likeness (QED) is 0.880. The van der Waals surface area contributed by atoms with Crippen LogP contribution in [0.3, 0.4) is 0 Å². The third-order valence-electron chi connectivity index (χ3n) is 5.25. The number of benzene rings is 2. The van der Waals surface area contributed by atoms with Crippen molar-refractivity contribution in [3.8, 4) is 0 Å². The highest BCUT2D eigenvalue weighted by atomic mass is 32.2. The number of anilines is 1. The molecule has 0 fully saturated rings. The highest BCUT2D eigenvalue weighted by Crippen LogP contribution is 2.43. The van der Waals surface area contributed by atoms with Gasteiger partial charge in [0, 0.05) is 13.1 Å². The number of amides is 1. The Balaban J connectivity index is 1.59. The number of rotatable bonds is 5. The highest BCUT2D eigenvalue weighted by molar-refractivity contribution is 7.89. The summed E-state index contributed by atoms with van der Waals surface area (Å²) in [5, 5.41) is 0. The van der Waals surface area contributed by atoms with Crippen molar-refractivity contribution in [2.24, 2.45) is 0 Å². The summed E-state index contributed by atoms with van der Waals surface area (Å²) < 4.78 is 28.2. The van der Waals surface area contributed by atoms with Crippen LogP contribution in [-0.2, 0) is 27.7 Å². The van der Waals surface area contributed by atoms with Gasteiger partial charge < -0.3 is 4.90 Å². The van der Waals surface area contributed by atoms with Gasteiger partial charge in [-0.05, 0) is 55.0 Å². The second kappa shape index (κ2) is 6.52. The van der Waals surface area contributed by atoms with Crippen molar-refractivity contribution in [1.29, 1.82) is 0 Å². The van der Waals surface area contributed by atoms with Crippen molar-refractivity contribution in [3.05, 3.63) is 59.2 Å². The summed E-state index contributed by atoms with van der Waals surface area (Å²) in [4.78, 5) is 14.5. The first-order valence-corrected chi connectivity index (χ1v) is 10.5. The zero-order valence-electron chi connectivity index (χ0n) is 14.7. The van der Waals surface area contributed by atoms with E-state index in [1.165, 1.54) is 0 Å². The fourth-order valence-corrected chi connectivity index (χ4v) is 5.00. The molecule has 0 bridgehead atoms. The minimum absolute atomic E-state index is 0.0764. The minimum atomic E-state index is -3.60. The summed E-state index contributed by atoms with van der Waals surface area (Å²) in [5.41, 5.74) is 3.84. The lowest BCUT2D eigenvalue weighted by atomic mass is 9.97. The van der Waals surface area contributed by atoms with Crippen LogP contribution in [0, 0.1) is 0 Å². The molecule has 0 aromatic heterocycles. The summed E-state index contributed by atoms with van der Waals surface area (Å²) in [6.45, 7) is 2.93. The number of hydrogen-bond donors (Lipinski definition) is 1. The van der Waals surface area contributed by atoms with Gasteiger partial charge in [0.15, 0.2) is 0 Å². The van der Waals surface area contributed by atoms with E-state index in [9.17, 15) is 13.2 Å². The van der Waals surface area contributed by atoms with E-state index in [0.717, 1.165) is 41.8 Å². The molecule has 0 spiro atoms. The lowest BCUT2D eigenvalue weighted by Crippen LogP contribution is -2.32. The Morgan fingerprint density at radius 3 is 2.73 bits per heavy atom. The Morgan fingerprint density at radius 1 is 1.19 bits per heavy atom. The highest BCUT2D eigenvalue weighted by Gasteiger charge is 2.38. The first-order chi connectivity index (χ1) is 12.5. The number of hydrogen-bond acceptors (Lipinski definition) is 3. The zero-order valence-corrected chi connectivity index (χ0v) is 15.6. The molecule has 0 aliphatic carbocycles. The molecule has 2 aromatic carbocycles. The number of nitrogens with zero attached hydrogens (tertiary/aromatic N) is 1. The largest absolute Gasteiger partial charge is 0.311 e. The van der Waals surface area contributed by atoms with Gasteiger partial charge in [-0.2, -0.15) is 0 Å². The lowest BCUT2D eigenvalue weighted by Gasteiger charge is -2.26. The van der Waals surface area contributed by atoms with E-state index in [-0.39, 0.29) is 16.7 Å². The average molecular weight is 370 g/mol. The molecule has 2 aliphatic heterocycles. The standard InChI is InChI=1S/C20H22N2O3S/c1-14-18-13-17(12-16-8-5-11-22(19(16)18)20(14)23)26(24,25)21-10-9-15-6-3-2-4-7-15/h2-4,6-7,12-14,21H,5,8-11H2,1H3/t14-/m1/s1. The molecule has 4 rings (SSSR count). The fourth-order valence-electron chi connectivity index (χ4n) is 3.88. The first-order valence-electron chi connectivity index (χ1n) is 8.99. The van der Waals surface area contributed by atoms with E-state index in [0.29, 0.717) is 13.0 Å². The molecule has 0 unspecified atom stereocenters. The van der Waals surface area contributed by atoms with E-state index in [1.54, 1.807) is 12.1 Å². The maximum absolute atomic E-state index is 12.8. The van der Waals surface area contributed by atoms with E-state index < -0.39 is 10.0 Å². The van der Waals surface area contributed by atoms with Gasteiger partial charge >= 0.3 is 0 Å². The number of carbonyl (C=O) groups is 1. The van der Waals surface area contributed by atoms with Crippen LogP contribution in [0.1, 0.15) is 36.0 Å². The summed E-state index contributed by atoms with van der Waals surface area (Å²) in [7, 11) is -3.60. The fraction of sp³-hybridized carbons (Fsp3) is 0.350. The van der Waals surface area contributed by atoms with Gasteiger partial charge in [0.05, 0.1) is 16.5 Å². The zero-order chi connectivity index (χ0) is 18.3. The molecule has 0 saturated heterocycles. The first kappa shape index (κ1) is 17.2. The maximum atomic E-state index is 12.8. The van der Waals surface area contributed by atoms with Crippen LogP contribution in [0.2, 0.25) is 0 Å². The molecule has 2 aliphatic rings. The van der Waals surface area contributed by atoms with E-state index in [2.05, 4.69) is 4.72 Å². The molecule has 0 radical (unpaired) electrons. The van der Waals surface area contributed by atoms with Gasteiger partial charge in [-0.25, -0.2) is 13.1 Å². The Hall–Kier alpha value is -2.18. The van der Waals surface area contributed by atoms with E-state index in [4.69, 9.17) is 0 Å². The van der Waals surface area contributed by atoms with Gasteiger partial charge in [0.1, 0.15) is 0 Å². The maximum Gasteiger partial charge on any atom is 0.240 e. The summed E-state index contributed by atoms with van der Waals surface area (Å²) in [6, 6.07) is 13.2. The average Bonchev–Trinajstić information content (AvgIpc) is 2.89. The van der Waals surface area contributed by atoms with Gasteiger partial charge in [0.25, 0.3) is 0 Å². The Labute approximate surface area is 154 Å². The van der Waals surface area contributed by atoms with Crippen molar-refractivity contribution in [2.45, 2.75) is 37.0 Å². The Kier molecular flexibility index (Phi) is 4.32. The lowest BCUT2D eigenvalue weighted by molar-refractivity contribution is -0.119. The second-order valence-electron chi connectivity index (χ2n) is 6.97. The number of carbonyl (C=O) groups excluding carboxylic acids is 1. The number of aryl methyl sites for hydroxylation is 1. The number of nitrogens with one attached hydrogen (secondary N) is 1. The number of sulfonamides is 1. The molecule has 6 heteroatoms. The topological polar surface area (TPSA) is 66.5 Å². The summed E-state index contributed by atoms with van der Waals surface area (Å²) in [5.74, 6) is -0.200. The van der Waals surface area contributed by atoms with Crippen molar-refractivity contribution in [2.75, 3.05) is 18.0 Å². The van der Waals surface area contributed by atoms with Gasteiger partial charge in [-0.3, -0.25) is 4.79 Å². The van der Waals surface area contributed by atoms with Crippen LogP contribution in [-0.4, -0.2) is 27.4 Å². The van der Waals surface area contributed by atoms with Crippen molar-refractivity contribution < 1.29 is 13.2 Å². The smallest absolute Gasteiger partial charge is 0.240 e. The van der Waals surface area contributed by atoms with Crippen LogP contribution < -0.4 is 9.62 Å². The molecular formula is C20H22N2O3S. The second-order valence-corrected chi connectivity index (χ2v) is 8.74. The molecule has 2 heterocycles. The third kappa shape index (κ3) is 2.93. The molecule has 1 amide bonds. The molecule has 1 atom stereocenters. The van der Waals surface area contributed by atoms with Crippen LogP contribution in [0.25, 0.3) is 0 Å². The monoisotopic (exact) mass is 370 g/mol. The van der Waals surface area contributed by atoms with Crippen LogP contribution in [0.4, 0.5) is 5.69 Å². The molecular weight excluding hydrogens is 348 g/mol. The molecule has 136 valence electrons. The third-order valence-corrected chi connectivity index (χ3v) is 6.69. The minimum Gasteiger partial charge on any atom is -0.311 e. The van der Waals surface area contributed by atoms with Gasteiger partial charge in [-0.15, -0.1) is 0 Å². The van der Waals surface area contributed by atoms with Crippen LogP contribution in [0.15, 0.2) is 47.4 Å².